The summed E-state index contributed by atoms with van der Waals surface area (Å²) in [6.07, 6.45) is 2.48. The van der Waals surface area contributed by atoms with E-state index < -0.39 is 0 Å². The van der Waals surface area contributed by atoms with Gasteiger partial charge in [-0.05, 0) is 50.9 Å². The van der Waals surface area contributed by atoms with Gasteiger partial charge in [0.25, 0.3) is 0 Å². The molecule has 4 heteroatoms. The van der Waals surface area contributed by atoms with Gasteiger partial charge in [0.2, 0.25) is 0 Å². The molecular weight excluding hydrogens is 240 g/mol. The van der Waals surface area contributed by atoms with Gasteiger partial charge < -0.3 is 20.1 Å². The van der Waals surface area contributed by atoms with Gasteiger partial charge in [0, 0.05) is 12.1 Å². The highest BCUT2D eigenvalue weighted by Crippen LogP contribution is 2.35. The average Bonchev–Trinajstić information content (AvgIpc) is 2.46. The lowest BCUT2D eigenvalue weighted by Gasteiger charge is -2.24. The molecule has 0 bridgehead atoms. The molecule has 2 rings (SSSR count). The van der Waals surface area contributed by atoms with Crippen LogP contribution in [0.25, 0.3) is 0 Å². The normalized spacial score (nSPS) is 16.2. The number of ether oxygens (including phenoxy) is 2. The first kappa shape index (κ1) is 14.0. The molecule has 0 saturated carbocycles. The largest absolute Gasteiger partial charge is 0.496 e. The van der Waals surface area contributed by atoms with Crippen LogP contribution in [0.15, 0.2) is 12.1 Å². The summed E-state index contributed by atoms with van der Waals surface area (Å²) in [6.45, 7) is 5.29. The molecule has 1 aromatic rings. The summed E-state index contributed by atoms with van der Waals surface area (Å²) < 4.78 is 10.8. The van der Waals surface area contributed by atoms with Gasteiger partial charge in [-0.3, -0.25) is 0 Å². The van der Waals surface area contributed by atoms with Crippen LogP contribution in [0.1, 0.15) is 18.4 Å². The second-order valence-corrected chi connectivity index (χ2v) is 5.05. The first-order valence-electron chi connectivity index (χ1n) is 6.92. The molecule has 106 valence electrons. The van der Waals surface area contributed by atoms with Crippen LogP contribution in [-0.4, -0.2) is 33.9 Å². The van der Waals surface area contributed by atoms with Crippen molar-refractivity contribution in [2.24, 2.45) is 5.92 Å². The quantitative estimate of drug-likeness (QED) is 0.857. The van der Waals surface area contributed by atoms with Crippen LogP contribution in [-0.2, 0) is 0 Å². The number of nitrogens with one attached hydrogen (secondary N) is 2. The molecule has 1 aliphatic heterocycles. The number of anilines is 1. The van der Waals surface area contributed by atoms with Crippen molar-refractivity contribution in [1.82, 2.24) is 5.32 Å². The van der Waals surface area contributed by atoms with E-state index in [2.05, 4.69) is 10.6 Å². The van der Waals surface area contributed by atoms with Gasteiger partial charge >= 0.3 is 0 Å². The van der Waals surface area contributed by atoms with Gasteiger partial charge in [0.15, 0.2) is 0 Å². The van der Waals surface area contributed by atoms with Crippen LogP contribution in [0, 0.1) is 12.8 Å². The fourth-order valence-electron chi connectivity index (χ4n) is 2.64. The second-order valence-electron chi connectivity index (χ2n) is 5.05. The Morgan fingerprint density at radius 2 is 1.95 bits per heavy atom. The second kappa shape index (κ2) is 6.66. The first-order chi connectivity index (χ1) is 9.26. The van der Waals surface area contributed by atoms with Crippen molar-refractivity contribution in [1.29, 1.82) is 0 Å². The van der Waals surface area contributed by atoms with Crippen molar-refractivity contribution < 1.29 is 9.47 Å². The molecule has 0 atom stereocenters. The predicted octanol–water partition coefficient (Wildman–Crippen LogP) is 2.42. The van der Waals surface area contributed by atoms with Gasteiger partial charge in [0.1, 0.15) is 11.5 Å². The summed E-state index contributed by atoms with van der Waals surface area (Å²) in [4.78, 5) is 0. The van der Waals surface area contributed by atoms with E-state index in [0.717, 1.165) is 48.3 Å². The van der Waals surface area contributed by atoms with Crippen molar-refractivity contribution in [3.63, 3.8) is 0 Å². The molecule has 1 aromatic carbocycles. The van der Waals surface area contributed by atoms with Gasteiger partial charge in [-0.25, -0.2) is 0 Å². The first-order valence-corrected chi connectivity index (χ1v) is 6.92. The van der Waals surface area contributed by atoms with Crippen molar-refractivity contribution in [3.8, 4) is 11.5 Å². The lowest BCUT2D eigenvalue weighted by Crippen LogP contribution is -2.31. The van der Waals surface area contributed by atoms with E-state index in [-0.39, 0.29) is 0 Å². The SMILES string of the molecule is COc1ccc(NCC2CCNCC2)c(OC)c1C. The third-order valence-electron chi connectivity index (χ3n) is 3.82. The summed E-state index contributed by atoms with van der Waals surface area (Å²) in [5, 5.41) is 6.91. The van der Waals surface area contributed by atoms with E-state index >= 15 is 0 Å². The molecule has 0 aromatic heterocycles. The monoisotopic (exact) mass is 264 g/mol. The molecule has 1 heterocycles. The lowest BCUT2D eigenvalue weighted by atomic mass is 9.98. The van der Waals surface area contributed by atoms with E-state index in [0.29, 0.717) is 0 Å². The lowest BCUT2D eigenvalue weighted by molar-refractivity contribution is 0.383. The number of methoxy groups -OCH3 is 2. The Kier molecular flexibility index (Phi) is 4.91. The van der Waals surface area contributed by atoms with E-state index in [1.165, 1.54) is 12.8 Å². The number of piperidine rings is 1. The highest BCUT2D eigenvalue weighted by Gasteiger charge is 2.15. The molecule has 1 aliphatic rings. The van der Waals surface area contributed by atoms with E-state index in [1.54, 1.807) is 14.2 Å². The van der Waals surface area contributed by atoms with E-state index in [9.17, 15) is 0 Å². The highest BCUT2D eigenvalue weighted by molar-refractivity contribution is 5.63. The fourth-order valence-corrected chi connectivity index (χ4v) is 2.64. The summed E-state index contributed by atoms with van der Waals surface area (Å²) in [5.74, 6) is 2.49. The third kappa shape index (κ3) is 3.32. The van der Waals surface area contributed by atoms with Crippen LogP contribution in [0.2, 0.25) is 0 Å². The summed E-state index contributed by atoms with van der Waals surface area (Å²) in [6, 6.07) is 4.02. The maximum absolute atomic E-state index is 5.50. The zero-order valence-corrected chi connectivity index (χ0v) is 12.1. The van der Waals surface area contributed by atoms with Crippen LogP contribution >= 0.6 is 0 Å². The molecule has 0 aliphatic carbocycles. The Balaban J connectivity index is 2.04. The van der Waals surface area contributed by atoms with E-state index in [1.807, 2.05) is 19.1 Å². The Hall–Kier alpha value is -1.42. The smallest absolute Gasteiger partial charge is 0.148 e. The minimum atomic E-state index is 0.744. The minimum absolute atomic E-state index is 0.744. The van der Waals surface area contributed by atoms with Gasteiger partial charge in [0.05, 0.1) is 19.9 Å². The van der Waals surface area contributed by atoms with E-state index in [4.69, 9.17) is 9.47 Å². The maximum atomic E-state index is 5.50. The molecule has 2 N–H and O–H groups in total. The van der Waals surface area contributed by atoms with Crippen molar-refractivity contribution >= 4 is 5.69 Å². The molecule has 1 saturated heterocycles. The van der Waals surface area contributed by atoms with Gasteiger partial charge in [-0.15, -0.1) is 0 Å². The van der Waals surface area contributed by atoms with Crippen molar-refractivity contribution in [2.75, 3.05) is 39.2 Å². The minimum Gasteiger partial charge on any atom is -0.496 e. The maximum Gasteiger partial charge on any atom is 0.148 e. The number of benzene rings is 1. The predicted molar refractivity (Wildman–Crippen MR) is 78.4 cm³/mol. The number of rotatable bonds is 5. The Morgan fingerprint density at radius 3 is 2.58 bits per heavy atom. The van der Waals surface area contributed by atoms with Crippen LogP contribution < -0.4 is 20.1 Å². The van der Waals surface area contributed by atoms with Crippen molar-refractivity contribution in [2.45, 2.75) is 19.8 Å². The number of hydrogen-bond acceptors (Lipinski definition) is 4. The molecule has 0 amide bonds. The molecule has 4 nitrogen and oxygen atoms in total. The number of hydrogen-bond donors (Lipinski definition) is 2. The average molecular weight is 264 g/mol. The van der Waals surface area contributed by atoms with Crippen LogP contribution in [0.4, 0.5) is 5.69 Å². The summed E-state index contributed by atoms with van der Waals surface area (Å²) >= 11 is 0. The van der Waals surface area contributed by atoms with Crippen molar-refractivity contribution in [3.05, 3.63) is 17.7 Å². The van der Waals surface area contributed by atoms with Crippen LogP contribution in [0.5, 0.6) is 11.5 Å². The standard InChI is InChI=1S/C15H24N2O2/c1-11-14(18-2)5-4-13(15(11)19-3)17-10-12-6-8-16-9-7-12/h4-5,12,16-17H,6-10H2,1-3H3. The molecule has 0 radical (unpaired) electrons. The van der Waals surface area contributed by atoms with Gasteiger partial charge in [-0.2, -0.15) is 0 Å². The molecule has 0 spiro atoms. The zero-order valence-electron chi connectivity index (χ0n) is 12.1. The summed E-state index contributed by atoms with van der Waals surface area (Å²) in [5.41, 5.74) is 2.10. The van der Waals surface area contributed by atoms with Gasteiger partial charge in [-0.1, -0.05) is 0 Å². The highest BCUT2D eigenvalue weighted by atomic mass is 16.5. The Morgan fingerprint density at radius 1 is 1.21 bits per heavy atom. The topological polar surface area (TPSA) is 42.5 Å². The molecular formula is C15H24N2O2. The molecule has 1 fully saturated rings. The fraction of sp³-hybridized carbons (Fsp3) is 0.600. The molecule has 19 heavy (non-hydrogen) atoms. The van der Waals surface area contributed by atoms with Crippen LogP contribution in [0.3, 0.4) is 0 Å². The summed E-state index contributed by atoms with van der Waals surface area (Å²) in [7, 11) is 3.39. The molecule has 0 unspecified atom stereocenters. The Labute approximate surface area is 115 Å². The zero-order chi connectivity index (χ0) is 13.7. The third-order valence-corrected chi connectivity index (χ3v) is 3.82. The Bertz CT molecular complexity index is 415.